The first-order chi connectivity index (χ1) is 17.9. The molecule has 0 bridgehead atoms. The number of unbranched alkanes of at least 4 members (excludes halogenated alkanes) is 1. The third kappa shape index (κ3) is 3.21. The van der Waals surface area contributed by atoms with Crippen LogP contribution < -0.4 is 10.3 Å². The Kier molecular flexibility index (Phi) is 5.30. The Morgan fingerprint density at radius 2 is 1.68 bits per heavy atom. The number of hydrogen-bond donors (Lipinski definition) is 0. The number of rotatable bonds is 5. The number of nitrogens with zero attached hydrogens (tertiary/aromatic N) is 2. The van der Waals surface area contributed by atoms with Gasteiger partial charge in [0.1, 0.15) is 5.58 Å². The molecule has 6 heteroatoms. The van der Waals surface area contributed by atoms with Gasteiger partial charge in [0.05, 0.1) is 23.2 Å². The molecule has 3 heterocycles. The van der Waals surface area contributed by atoms with Gasteiger partial charge in [-0.05, 0) is 44.0 Å². The third-order valence-corrected chi connectivity index (χ3v) is 7.55. The fourth-order valence-electron chi connectivity index (χ4n) is 5.87. The van der Waals surface area contributed by atoms with Gasteiger partial charge < -0.3 is 14.2 Å². The summed E-state index contributed by atoms with van der Waals surface area (Å²) in [6, 6.07) is 20.9. The predicted octanol–water partition coefficient (Wildman–Crippen LogP) is 5.46. The van der Waals surface area contributed by atoms with Crippen LogP contribution in [0, 0.1) is 13.8 Å². The van der Waals surface area contributed by atoms with E-state index >= 15 is 0 Å². The van der Waals surface area contributed by atoms with Crippen molar-refractivity contribution in [3.05, 3.63) is 111 Å². The van der Waals surface area contributed by atoms with Crippen molar-refractivity contribution in [2.24, 2.45) is 0 Å². The summed E-state index contributed by atoms with van der Waals surface area (Å²) in [6.45, 7) is 6.63. The maximum atomic E-state index is 14.7. The fourth-order valence-corrected chi connectivity index (χ4v) is 5.87. The van der Waals surface area contributed by atoms with E-state index in [1.54, 1.807) is 21.9 Å². The first-order valence-electron chi connectivity index (χ1n) is 12.7. The van der Waals surface area contributed by atoms with Crippen molar-refractivity contribution in [1.29, 1.82) is 0 Å². The summed E-state index contributed by atoms with van der Waals surface area (Å²) < 4.78 is 6.12. The Bertz CT molecular complexity index is 1650. The lowest BCUT2D eigenvalue weighted by Gasteiger charge is -2.34. The van der Waals surface area contributed by atoms with E-state index in [1.807, 2.05) is 75.4 Å². The smallest absolute Gasteiger partial charge is 0.291 e. The highest BCUT2D eigenvalue weighted by atomic mass is 16.3. The van der Waals surface area contributed by atoms with Gasteiger partial charge >= 0.3 is 0 Å². The van der Waals surface area contributed by atoms with E-state index in [9.17, 15) is 14.4 Å². The molecule has 1 unspecified atom stereocenters. The highest BCUT2D eigenvalue weighted by molar-refractivity contribution is 6.17. The number of amides is 2. The van der Waals surface area contributed by atoms with Crippen LogP contribution in [0.25, 0.3) is 11.0 Å². The van der Waals surface area contributed by atoms with Gasteiger partial charge in [-0.2, -0.15) is 0 Å². The zero-order chi connectivity index (χ0) is 25.9. The van der Waals surface area contributed by atoms with Crippen LogP contribution in [-0.2, 0) is 16.9 Å². The topological polar surface area (TPSA) is 70.8 Å². The highest BCUT2D eigenvalue weighted by Gasteiger charge is 2.64. The molecule has 6 nitrogen and oxygen atoms in total. The van der Waals surface area contributed by atoms with Crippen LogP contribution in [0.1, 0.15) is 58.1 Å². The van der Waals surface area contributed by atoms with Gasteiger partial charge in [0, 0.05) is 12.1 Å². The number of carbonyl (C=O) groups is 2. The molecule has 2 amide bonds. The molecule has 0 fully saturated rings. The maximum absolute atomic E-state index is 14.7. The first-order valence-corrected chi connectivity index (χ1v) is 12.7. The second kappa shape index (κ2) is 8.44. The van der Waals surface area contributed by atoms with Crippen molar-refractivity contribution in [3.8, 4) is 0 Å². The van der Waals surface area contributed by atoms with Crippen molar-refractivity contribution >= 4 is 28.5 Å². The van der Waals surface area contributed by atoms with Gasteiger partial charge in [0.25, 0.3) is 11.8 Å². The number of para-hydroxylation sites is 1. The zero-order valence-corrected chi connectivity index (χ0v) is 21.2. The van der Waals surface area contributed by atoms with Crippen LogP contribution in [0.3, 0.4) is 0 Å². The Morgan fingerprint density at radius 3 is 2.46 bits per heavy atom. The standard InChI is InChI=1S/C31H28N2O4/c1-4-5-15-33-29(35)28-26(27(34)22-17-20(3)13-14-25(22)37-28)31(33)23-11-6-7-12-24(23)32(30(31)36)18-21-10-8-9-19(2)16-21/h6-14,16-17H,4-5,15,18H2,1-3H3. The predicted molar refractivity (Wildman–Crippen MR) is 143 cm³/mol. The molecule has 0 radical (unpaired) electrons. The summed E-state index contributed by atoms with van der Waals surface area (Å²) in [5.74, 6) is -0.737. The minimum absolute atomic E-state index is 0.0296. The highest BCUT2D eigenvalue weighted by Crippen LogP contribution is 2.53. The lowest BCUT2D eigenvalue weighted by atomic mass is 9.83. The third-order valence-electron chi connectivity index (χ3n) is 7.55. The lowest BCUT2D eigenvalue weighted by molar-refractivity contribution is -0.126. The molecule has 37 heavy (non-hydrogen) atoms. The second-order valence-electron chi connectivity index (χ2n) is 10.1. The summed E-state index contributed by atoms with van der Waals surface area (Å²) in [6.07, 6.45) is 1.53. The molecule has 0 aliphatic carbocycles. The summed E-state index contributed by atoms with van der Waals surface area (Å²) in [5, 5.41) is 0.380. The quantitative estimate of drug-likeness (QED) is 0.371. The summed E-state index contributed by atoms with van der Waals surface area (Å²) in [7, 11) is 0. The molecule has 2 aliphatic heterocycles. The number of aryl methyl sites for hydroxylation is 2. The Balaban J connectivity index is 1.65. The molecular formula is C31H28N2O4. The van der Waals surface area contributed by atoms with Gasteiger partial charge in [-0.1, -0.05) is 73.0 Å². The van der Waals surface area contributed by atoms with Crippen LogP contribution in [-0.4, -0.2) is 23.3 Å². The molecular weight excluding hydrogens is 464 g/mol. The molecule has 1 atom stereocenters. The zero-order valence-electron chi connectivity index (χ0n) is 21.2. The van der Waals surface area contributed by atoms with E-state index in [1.165, 1.54) is 0 Å². The number of hydrogen-bond acceptors (Lipinski definition) is 4. The summed E-state index contributed by atoms with van der Waals surface area (Å²) >= 11 is 0. The SMILES string of the molecule is CCCCN1C(=O)c2oc3ccc(C)cc3c(=O)c2C12C(=O)N(Cc1cccc(C)c1)c1ccccc12. The minimum Gasteiger partial charge on any atom is -0.450 e. The van der Waals surface area contributed by atoms with Gasteiger partial charge in [-0.15, -0.1) is 0 Å². The molecule has 4 aromatic rings. The maximum Gasteiger partial charge on any atom is 0.291 e. The largest absolute Gasteiger partial charge is 0.450 e. The van der Waals surface area contributed by atoms with Crippen LogP contribution in [0.15, 0.2) is 75.9 Å². The number of carbonyl (C=O) groups excluding carboxylic acids is 2. The van der Waals surface area contributed by atoms with Crippen LogP contribution >= 0.6 is 0 Å². The minimum atomic E-state index is -1.56. The van der Waals surface area contributed by atoms with E-state index in [2.05, 4.69) is 0 Å². The summed E-state index contributed by atoms with van der Waals surface area (Å²) in [4.78, 5) is 46.0. The lowest BCUT2D eigenvalue weighted by Crippen LogP contribution is -2.53. The van der Waals surface area contributed by atoms with E-state index in [0.29, 0.717) is 41.7 Å². The Morgan fingerprint density at radius 1 is 0.892 bits per heavy atom. The second-order valence-corrected chi connectivity index (χ2v) is 10.1. The molecule has 1 aromatic heterocycles. The van der Waals surface area contributed by atoms with Gasteiger partial charge in [0.15, 0.2) is 11.0 Å². The van der Waals surface area contributed by atoms with Crippen LogP contribution in [0.5, 0.6) is 0 Å². The summed E-state index contributed by atoms with van der Waals surface area (Å²) in [5.41, 5.74) is 2.94. The Hall–Kier alpha value is -4.19. The average molecular weight is 493 g/mol. The van der Waals surface area contributed by atoms with Crippen molar-refractivity contribution in [1.82, 2.24) is 4.90 Å². The van der Waals surface area contributed by atoms with Crippen molar-refractivity contribution in [3.63, 3.8) is 0 Å². The van der Waals surface area contributed by atoms with E-state index < -0.39 is 11.4 Å². The number of benzene rings is 3. The first kappa shape index (κ1) is 23.2. The van der Waals surface area contributed by atoms with Crippen molar-refractivity contribution in [2.45, 2.75) is 45.7 Å². The number of fused-ring (bicyclic) bond motifs is 5. The Labute approximate surface area is 215 Å². The molecule has 6 rings (SSSR count). The molecule has 186 valence electrons. The molecule has 0 saturated heterocycles. The fraction of sp³-hybridized carbons (Fsp3) is 0.258. The monoisotopic (exact) mass is 492 g/mol. The van der Waals surface area contributed by atoms with E-state index in [4.69, 9.17) is 4.42 Å². The normalized spacial score (nSPS) is 18.2. The molecule has 0 saturated carbocycles. The van der Waals surface area contributed by atoms with Crippen molar-refractivity contribution in [2.75, 3.05) is 11.4 Å². The van der Waals surface area contributed by atoms with Gasteiger partial charge in [-0.25, -0.2) is 0 Å². The molecule has 3 aromatic carbocycles. The molecule has 0 N–H and O–H groups in total. The van der Waals surface area contributed by atoms with E-state index in [0.717, 1.165) is 23.1 Å². The van der Waals surface area contributed by atoms with Gasteiger partial charge in [-0.3, -0.25) is 14.4 Å². The van der Waals surface area contributed by atoms with Crippen LogP contribution in [0.4, 0.5) is 5.69 Å². The van der Waals surface area contributed by atoms with E-state index in [-0.39, 0.29) is 22.7 Å². The molecule has 1 spiro atoms. The molecule has 2 aliphatic rings. The average Bonchev–Trinajstić information content (AvgIpc) is 3.28. The van der Waals surface area contributed by atoms with Crippen molar-refractivity contribution < 1.29 is 14.0 Å². The van der Waals surface area contributed by atoms with Crippen LogP contribution in [0.2, 0.25) is 0 Å². The number of anilines is 1. The van der Waals surface area contributed by atoms with Gasteiger partial charge in [0.2, 0.25) is 5.76 Å².